The summed E-state index contributed by atoms with van der Waals surface area (Å²) in [6, 6.07) is 4.76. The highest BCUT2D eigenvalue weighted by Crippen LogP contribution is 2.16. The third kappa shape index (κ3) is 4.06. The molecule has 4 nitrogen and oxygen atoms in total. The van der Waals surface area contributed by atoms with Gasteiger partial charge in [0.15, 0.2) is 9.84 Å². The molecular weight excluding hydrogens is 262 g/mol. The summed E-state index contributed by atoms with van der Waals surface area (Å²) < 4.78 is 23.0. The maximum atomic E-state index is 12.2. The van der Waals surface area contributed by atoms with E-state index in [1.807, 2.05) is 13.8 Å². The molecule has 1 amide bonds. The van der Waals surface area contributed by atoms with E-state index in [4.69, 9.17) is 0 Å². The van der Waals surface area contributed by atoms with Crippen molar-refractivity contribution in [1.29, 1.82) is 0 Å². The zero-order valence-corrected chi connectivity index (χ0v) is 12.7. The van der Waals surface area contributed by atoms with Gasteiger partial charge in [-0.3, -0.25) is 4.79 Å². The minimum atomic E-state index is -3.30. The summed E-state index contributed by atoms with van der Waals surface area (Å²) >= 11 is 0. The lowest BCUT2D eigenvalue weighted by molar-refractivity contribution is 0.0934. The van der Waals surface area contributed by atoms with E-state index >= 15 is 0 Å². The van der Waals surface area contributed by atoms with E-state index in [0.717, 1.165) is 24.7 Å². The molecule has 19 heavy (non-hydrogen) atoms. The summed E-state index contributed by atoms with van der Waals surface area (Å²) in [5.74, 6) is -0.211. The van der Waals surface area contributed by atoms with Crippen LogP contribution in [0.5, 0.6) is 0 Å². The van der Waals surface area contributed by atoms with Crippen LogP contribution in [0.3, 0.4) is 0 Å². The van der Waals surface area contributed by atoms with Gasteiger partial charge in [-0.1, -0.05) is 19.9 Å². The molecule has 0 aliphatic heterocycles. The first-order chi connectivity index (χ1) is 8.79. The number of benzene rings is 1. The van der Waals surface area contributed by atoms with Crippen molar-refractivity contribution in [2.45, 2.75) is 44.6 Å². The lowest BCUT2D eigenvalue weighted by atomic mass is 10.1. The Labute approximate surface area is 115 Å². The Bertz CT molecular complexity index is 560. The van der Waals surface area contributed by atoms with Crippen LogP contribution >= 0.6 is 0 Å². The Balaban J connectivity index is 3.09. The second kappa shape index (κ2) is 6.19. The summed E-state index contributed by atoms with van der Waals surface area (Å²) in [6.45, 7) is 5.82. The molecule has 0 bridgehead atoms. The second-order valence-corrected chi connectivity index (χ2v) is 6.75. The van der Waals surface area contributed by atoms with Crippen LogP contribution in [0.25, 0.3) is 0 Å². The predicted molar refractivity (Wildman–Crippen MR) is 76.1 cm³/mol. The molecule has 1 aromatic carbocycles. The normalized spacial score (nSPS) is 11.6. The van der Waals surface area contributed by atoms with E-state index in [1.165, 1.54) is 12.1 Å². The van der Waals surface area contributed by atoms with E-state index in [-0.39, 0.29) is 16.8 Å². The van der Waals surface area contributed by atoms with Crippen molar-refractivity contribution in [2.75, 3.05) is 6.26 Å². The molecule has 5 heteroatoms. The SMILES string of the molecule is CCC(CC)NC(=O)c1cc(S(C)(=O)=O)ccc1C. The summed E-state index contributed by atoms with van der Waals surface area (Å²) in [5.41, 5.74) is 1.20. The average molecular weight is 283 g/mol. The smallest absolute Gasteiger partial charge is 0.251 e. The van der Waals surface area contributed by atoms with E-state index < -0.39 is 9.84 Å². The summed E-state index contributed by atoms with van der Waals surface area (Å²) in [5, 5.41) is 2.92. The molecule has 0 aliphatic rings. The molecule has 0 spiro atoms. The maximum Gasteiger partial charge on any atom is 0.251 e. The van der Waals surface area contributed by atoms with Crippen LogP contribution < -0.4 is 5.32 Å². The van der Waals surface area contributed by atoms with Crippen LogP contribution in [-0.4, -0.2) is 26.6 Å². The highest BCUT2D eigenvalue weighted by atomic mass is 32.2. The number of hydrogen-bond donors (Lipinski definition) is 1. The molecule has 0 aliphatic carbocycles. The quantitative estimate of drug-likeness (QED) is 0.902. The van der Waals surface area contributed by atoms with Crippen LogP contribution in [-0.2, 0) is 9.84 Å². The molecule has 106 valence electrons. The number of rotatable bonds is 5. The summed E-state index contributed by atoms with van der Waals surface area (Å²) in [6.07, 6.45) is 2.85. The van der Waals surface area contributed by atoms with Crippen molar-refractivity contribution in [3.8, 4) is 0 Å². The highest BCUT2D eigenvalue weighted by Gasteiger charge is 2.16. The minimum Gasteiger partial charge on any atom is -0.349 e. The minimum absolute atomic E-state index is 0.119. The number of carbonyl (C=O) groups excluding carboxylic acids is 1. The third-order valence-electron chi connectivity index (χ3n) is 3.20. The summed E-state index contributed by atoms with van der Waals surface area (Å²) in [4.78, 5) is 12.3. The lowest BCUT2D eigenvalue weighted by Gasteiger charge is -2.16. The number of carbonyl (C=O) groups is 1. The van der Waals surface area contributed by atoms with E-state index in [9.17, 15) is 13.2 Å². The van der Waals surface area contributed by atoms with Gasteiger partial charge in [-0.15, -0.1) is 0 Å². The van der Waals surface area contributed by atoms with Crippen LogP contribution in [0, 0.1) is 6.92 Å². The Morgan fingerprint density at radius 1 is 1.26 bits per heavy atom. The molecule has 0 unspecified atom stereocenters. The average Bonchev–Trinajstić information content (AvgIpc) is 2.34. The summed E-state index contributed by atoms with van der Waals surface area (Å²) in [7, 11) is -3.30. The van der Waals surface area contributed by atoms with Gasteiger partial charge < -0.3 is 5.32 Å². The van der Waals surface area contributed by atoms with Gasteiger partial charge in [0.25, 0.3) is 5.91 Å². The Morgan fingerprint density at radius 3 is 2.32 bits per heavy atom. The molecule has 0 fully saturated rings. The van der Waals surface area contributed by atoms with Gasteiger partial charge in [0.1, 0.15) is 0 Å². The number of sulfone groups is 1. The lowest BCUT2D eigenvalue weighted by Crippen LogP contribution is -2.34. The first kappa shape index (κ1) is 15.7. The number of hydrogen-bond acceptors (Lipinski definition) is 3. The van der Waals surface area contributed by atoms with Crippen molar-refractivity contribution in [2.24, 2.45) is 0 Å². The maximum absolute atomic E-state index is 12.2. The molecular formula is C14H21NO3S. The van der Waals surface area contributed by atoms with Gasteiger partial charge in [0.05, 0.1) is 4.90 Å². The van der Waals surface area contributed by atoms with Crippen molar-refractivity contribution in [1.82, 2.24) is 5.32 Å². The Hall–Kier alpha value is -1.36. The van der Waals surface area contributed by atoms with Gasteiger partial charge in [0, 0.05) is 17.9 Å². The molecule has 0 saturated heterocycles. The van der Waals surface area contributed by atoms with Crippen molar-refractivity contribution < 1.29 is 13.2 Å². The number of aryl methyl sites for hydroxylation is 1. The van der Waals surface area contributed by atoms with Gasteiger partial charge in [-0.25, -0.2) is 8.42 Å². The number of nitrogens with one attached hydrogen (secondary N) is 1. The van der Waals surface area contributed by atoms with Crippen LogP contribution in [0.4, 0.5) is 0 Å². The fourth-order valence-corrected chi connectivity index (χ4v) is 2.48. The molecule has 1 rings (SSSR count). The molecule has 0 atom stereocenters. The van der Waals surface area contributed by atoms with Crippen LogP contribution in [0.1, 0.15) is 42.6 Å². The second-order valence-electron chi connectivity index (χ2n) is 4.74. The largest absolute Gasteiger partial charge is 0.349 e. The van der Waals surface area contributed by atoms with Gasteiger partial charge in [0.2, 0.25) is 0 Å². The van der Waals surface area contributed by atoms with Gasteiger partial charge >= 0.3 is 0 Å². The Kier molecular flexibility index (Phi) is 5.11. The fraction of sp³-hybridized carbons (Fsp3) is 0.500. The standard InChI is InChI=1S/C14H21NO3S/c1-5-11(6-2)15-14(16)13-9-12(19(4,17)18)8-7-10(13)3/h7-9,11H,5-6H2,1-4H3,(H,15,16). The zero-order chi connectivity index (χ0) is 14.6. The highest BCUT2D eigenvalue weighted by molar-refractivity contribution is 7.90. The molecule has 0 aromatic heterocycles. The van der Waals surface area contributed by atoms with E-state index in [2.05, 4.69) is 5.32 Å². The van der Waals surface area contributed by atoms with Crippen LogP contribution in [0.15, 0.2) is 23.1 Å². The van der Waals surface area contributed by atoms with Crippen molar-refractivity contribution >= 4 is 15.7 Å². The number of amides is 1. The van der Waals surface area contributed by atoms with Crippen molar-refractivity contribution in [3.63, 3.8) is 0 Å². The first-order valence-corrected chi connectivity index (χ1v) is 8.30. The fourth-order valence-electron chi connectivity index (χ4n) is 1.83. The topological polar surface area (TPSA) is 63.2 Å². The monoisotopic (exact) mass is 283 g/mol. The molecule has 0 saturated carbocycles. The third-order valence-corrected chi connectivity index (χ3v) is 4.31. The predicted octanol–water partition coefficient (Wildman–Crippen LogP) is 2.32. The van der Waals surface area contributed by atoms with Gasteiger partial charge in [-0.2, -0.15) is 0 Å². The molecule has 1 aromatic rings. The molecule has 0 heterocycles. The van der Waals surface area contributed by atoms with E-state index in [1.54, 1.807) is 13.0 Å². The molecule has 1 N–H and O–H groups in total. The van der Waals surface area contributed by atoms with Gasteiger partial charge in [-0.05, 0) is 37.5 Å². The molecule has 0 radical (unpaired) electrons. The first-order valence-electron chi connectivity index (χ1n) is 6.41. The van der Waals surface area contributed by atoms with Crippen molar-refractivity contribution in [3.05, 3.63) is 29.3 Å². The zero-order valence-electron chi connectivity index (χ0n) is 11.9. The Morgan fingerprint density at radius 2 is 1.84 bits per heavy atom. The van der Waals surface area contributed by atoms with E-state index in [0.29, 0.717) is 5.56 Å². The van der Waals surface area contributed by atoms with Crippen LogP contribution in [0.2, 0.25) is 0 Å².